The maximum absolute atomic E-state index is 12.9. The van der Waals surface area contributed by atoms with Gasteiger partial charge in [0.2, 0.25) is 5.91 Å². The van der Waals surface area contributed by atoms with Gasteiger partial charge in [-0.05, 0) is 37.5 Å². The van der Waals surface area contributed by atoms with Crippen molar-refractivity contribution >= 4 is 23.2 Å². The number of rotatable bonds is 6. The van der Waals surface area contributed by atoms with Crippen LogP contribution in [0, 0.1) is 11.7 Å². The van der Waals surface area contributed by atoms with Crippen molar-refractivity contribution in [2.24, 2.45) is 5.92 Å². The smallest absolute Gasteiger partial charge is 0.242 e. The van der Waals surface area contributed by atoms with Crippen LogP contribution in [0.1, 0.15) is 27.2 Å². The van der Waals surface area contributed by atoms with Crippen molar-refractivity contribution in [1.29, 1.82) is 0 Å². The molecule has 1 unspecified atom stereocenters. The van der Waals surface area contributed by atoms with Gasteiger partial charge in [-0.15, -0.1) is 0 Å². The molecule has 0 saturated carbocycles. The van der Waals surface area contributed by atoms with E-state index in [2.05, 4.69) is 24.5 Å². The number of carbonyl (C=O) groups is 1. The molecule has 0 aliphatic carbocycles. The van der Waals surface area contributed by atoms with Crippen LogP contribution in [0.15, 0.2) is 18.2 Å². The van der Waals surface area contributed by atoms with Crippen LogP contribution in [0.2, 0.25) is 5.02 Å². The summed E-state index contributed by atoms with van der Waals surface area (Å²) in [4.78, 5) is 11.8. The number of nitrogens with one attached hydrogen (secondary N) is 2. The number of hydrogen-bond acceptors (Lipinski definition) is 2. The summed E-state index contributed by atoms with van der Waals surface area (Å²) in [5, 5.41) is 6.08. The number of benzene rings is 1. The molecule has 0 aliphatic rings. The second kappa shape index (κ2) is 7.34. The lowest BCUT2D eigenvalue weighted by Gasteiger charge is -2.16. The van der Waals surface area contributed by atoms with E-state index in [0.29, 0.717) is 18.2 Å². The first-order valence-corrected chi connectivity index (χ1v) is 6.77. The minimum Gasteiger partial charge on any atom is -0.373 e. The van der Waals surface area contributed by atoms with Gasteiger partial charge in [0.1, 0.15) is 11.9 Å². The fourth-order valence-electron chi connectivity index (χ4n) is 1.54. The van der Waals surface area contributed by atoms with Crippen LogP contribution in [0.25, 0.3) is 0 Å². The molecule has 1 amide bonds. The van der Waals surface area contributed by atoms with Crippen LogP contribution in [0.4, 0.5) is 10.1 Å². The zero-order valence-corrected chi connectivity index (χ0v) is 12.2. The Balaban J connectivity index is 2.49. The third-order valence-corrected chi connectivity index (χ3v) is 3.03. The van der Waals surface area contributed by atoms with E-state index in [9.17, 15) is 9.18 Å². The second-order valence-corrected chi connectivity index (χ2v) is 5.37. The van der Waals surface area contributed by atoms with Crippen LogP contribution < -0.4 is 10.6 Å². The van der Waals surface area contributed by atoms with Crippen molar-refractivity contribution in [2.75, 3.05) is 11.9 Å². The summed E-state index contributed by atoms with van der Waals surface area (Å²) in [5.74, 6) is 0.0562. The molecular weight excluding hydrogens is 267 g/mol. The minimum absolute atomic E-state index is 0.0963. The summed E-state index contributed by atoms with van der Waals surface area (Å²) in [6.45, 7) is 6.60. The van der Waals surface area contributed by atoms with Crippen molar-refractivity contribution in [3.05, 3.63) is 29.0 Å². The number of anilines is 1. The van der Waals surface area contributed by atoms with Gasteiger partial charge in [0.15, 0.2) is 0 Å². The molecule has 1 aromatic rings. The standard InChI is InChI=1S/C14H20ClFN2O/c1-9(2)6-7-17-14(19)10(3)18-13-5-4-11(16)8-12(13)15/h4-5,8-10,18H,6-7H2,1-3H3,(H,17,19). The lowest BCUT2D eigenvalue weighted by Crippen LogP contribution is -2.38. The Hall–Kier alpha value is -1.29. The summed E-state index contributed by atoms with van der Waals surface area (Å²) >= 11 is 5.89. The highest BCUT2D eigenvalue weighted by Crippen LogP contribution is 2.22. The van der Waals surface area contributed by atoms with Crippen molar-refractivity contribution in [3.8, 4) is 0 Å². The molecule has 0 saturated heterocycles. The first kappa shape index (κ1) is 15.8. The van der Waals surface area contributed by atoms with Crippen molar-refractivity contribution in [1.82, 2.24) is 5.32 Å². The van der Waals surface area contributed by atoms with E-state index in [1.807, 2.05) is 0 Å². The molecule has 0 heterocycles. The topological polar surface area (TPSA) is 41.1 Å². The van der Waals surface area contributed by atoms with Gasteiger partial charge in [-0.25, -0.2) is 4.39 Å². The summed E-state index contributed by atoms with van der Waals surface area (Å²) in [6.07, 6.45) is 0.940. The molecule has 2 N–H and O–H groups in total. The van der Waals surface area contributed by atoms with Crippen LogP contribution in [-0.4, -0.2) is 18.5 Å². The Bertz CT molecular complexity index is 437. The van der Waals surface area contributed by atoms with Crippen LogP contribution in [0.5, 0.6) is 0 Å². The first-order chi connectivity index (χ1) is 8.90. The van der Waals surface area contributed by atoms with E-state index in [-0.39, 0.29) is 10.9 Å². The monoisotopic (exact) mass is 286 g/mol. The maximum Gasteiger partial charge on any atom is 0.242 e. The Morgan fingerprint density at radius 3 is 2.63 bits per heavy atom. The molecule has 0 aliphatic heterocycles. The molecule has 0 spiro atoms. The van der Waals surface area contributed by atoms with Gasteiger partial charge in [0.25, 0.3) is 0 Å². The van der Waals surface area contributed by atoms with Crippen molar-refractivity contribution < 1.29 is 9.18 Å². The SMILES string of the molecule is CC(C)CCNC(=O)C(C)Nc1ccc(F)cc1Cl. The third-order valence-electron chi connectivity index (χ3n) is 2.72. The summed E-state index contributed by atoms with van der Waals surface area (Å²) in [6, 6.07) is 3.62. The average molecular weight is 287 g/mol. The van der Waals surface area contributed by atoms with Gasteiger partial charge in [-0.2, -0.15) is 0 Å². The quantitative estimate of drug-likeness (QED) is 0.841. The van der Waals surface area contributed by atoms with Gasteiger partial charge in [0.05, 0.1) is 10.7 Å². The van der Waals surface area contributed by atoms with Crippen molar-refractivity contribution in [3.63, 3.8) is 0 Å². The molecule has 0 aromatic heterocycles. The highest BCUT2D eigenvalue weighted by atomic mass is 35.5. The molecule has 106 valence electrons. The summed E-state index contributed by atoms with van der Waals surface area (Å²) in [5.41, 5.74) is 0.551. The predicted molar refractivity (Wildman–Crippen MR) is 77.0 cm³/mol. The van der Waals surface area contributed by atoms with Gasteiger partial charge >= 0.3 is 0 Å². The number of halogens is 2. The Morgan fingerprint density at radius 1 is 1.37 bits per heavy atom. The van der Waals surface area contributed by atoms with E-state index in [1.165, 1.54) is 18.2 Å². The van der Waals surface area contributed by atoms with E-state index >= 15 is 0 Å². The van der Waals surface area contributed by atoms with Crippen LogP contribution >= 0.6 is 11.6 Å². The molecule has 3 nitrogen and oxygen atoms in total. The highest BCUT2D eigenvalue weighted by molar-refractivity contribution is 6.33. The highest BCUT2D eigenvalue weighted by Gasteiger charge is 2.13. The molecule has 19 heavy (non-hydrogen) atoms. The predicted octanol–water partition coefficient (Wildman–Crippen LogP) is 3.44. The fraction of sp³-hybridized carbons (Fsp3) is 0.500. The van der Waals surface area contributed by atoms with E-state index in [0.717, 1.165) is 6.42 Å². The summed E-state index contributed by atoms with van der Waals surface area (Å²) < 4.78 is 12.9. The second-order valence-electron chi connectivity index (χ2n) is 4.96. The molecule has 0 bridgehead atoms. The fourth-order valence-corrected chi connectivity index (χ4v) is 1.76. The first-order valence-electron chi connectivity index (χ1n) is 6.39. The van der Waals surface area contributed by atoms with Gasteiger partial charge in [-0.1, -0.05) is 25.4 Å². The molecule has 1 aromatic carbocycles. The van der Waals surface area contributed by atoms with Crippen LogP contribution in [0.3, 0.4) is 0 Å². The zero-order chi connectivity index (χ0) is 14.4. The van der Waals surface area contributed by atoms with Gasteiger partial charge in [-0.3, -0.25) is 4.79 Å². The largest absolute Gasteiger partial charge is 0.373 e. The third kappa shape index (κ3) is 5.47. The lowest BCUT2D eigenvalue weighted by atomic mass is 10.1. The Labute approximate surface area is 118 Å². The molecule has 0 radical (unpaired) electrons. The van der Waals surface area contributed by atoms with E-state index in [1.54, 1.807) is 6.92 Å². The lowest BCUT2D eigenvalue weighted by molar-refractivity contribution is -0.121. The maximum atomic E-state index is 12.9. The molecular formula is C14H20ClFN2O. The molecule has 5 heteroatoms. The number of carbonyl (C=O) groups excluding carboxylic acids is 1. The normalized spacial score (nSPS) is 12.3. The van der Waals surface area contributed by atoms with E-state index in [4.69, 9.17) is 11.6 Å². The zero-order valence-electron chi connectivity index (χ0n) is 11.5. The summed E-state index contributed by atoms with van der Waals surface area (Å²) in [7, 11) is 0. The molecule has 1 atom stereocenters. The van der Waals surface area contributed by atoms with Gasteiger partial charge < -0.3 is 10.6 Å². The Kier molecular flexibility index (Phi) is 6.09. The van der Waals surface area contributed by atoms with E-state index < -0.39 is 11.9 Å². The molecule has 1 rings (SSSR count). The van der Waals surface area contributed by atoms with Crippen LogP contribution in [-0.2, 0) is 4.79 Å². The van der Waals surface area contributed by atoms with Crippen molar-refractivity contribution in [2.45, 2.75) is 33.2 Å². The average Bonchev–Trinajstić information content (AvgIpc) is 2.32. The minimum atomic E-state index is -0.421. The Morgan fingerprint density at radius 2 is 2.05 bits per heavy atom. The van der Waals surface area contributed by atoms with Gasteiger partial charge in [0, 0.05) is 6.54 Å². The number of hydrogen-bond donors (Lipinski definition) is 2. The molecule has 0 fully saturated rings. The number of amides is 1.